The van der Waals surface area contributed by atoms with Gasteiger partial charge in [-0.15, -0.1) is 0 Å². The standard InChI is InChI=1S/C29H38N4O6/c1-21-5-7-22(8-6-21)26-18-25(24-10-9-23(37-3)17-27(24)38-4)30-33(26)28(34)19-32(29(35)20-36-2)12-11-31-13-15-39-16-14-31/h5-10,17,26H,11-16,18-20H2,1-4H3. The number of carbonyl (C=O) groups excluding carboxylic acids is 2. The van der Waals surface area contributed by atoms with Crippen LogP contribution in [0.4, 0.5) is 0 Å². The number of hydrogen-bond donors (Lipinski definition) is 0. The van der Waals surface area contributed by atoms with Crippen LogP contribution < -0.4 is 9.47 Å². The van der Waals surface area contributed by atoms with Gasteiger partial charge in [0.15, 0.2) is 0 Å². The van der Waals surface area contributed by atoms with Gasteiger partial charge in [0, 0.05) is 51.3 Å². The molecule has 10 heteroatoms. The lowest BCUT2D eigenvalue weighted by molar-refractivity contribution is -0.143. The molecule has 0 aliphatic carbocycles. The molecule has 210 valence electrons. The molecule has 1 atom stereocenters. The Bertz CT molecular complexity index is 1160. The highest BCUT2D eigenvalue weighted by Crippen LogP contribution is 2.36. The van der Waals surface area contributed by atoms with E-state index in [2.05, 4.69) is 4.90 Å². The summed E-state index contributed by atoms with van der Waals surface area (Å²) < 4.78 is 21.5. The predicted molar refractivity (Wildman–Crippen MR) is 147 cm³/mol. The number of amides is 2. The highest BCUT2D eigenvalue weighted by atomic mass is 16.5. The number of carbonyl (C=O) groups is 2. The zero-order valence-corrected chi connectivity index (χ0v) is 23.2. The number of morpholine rings is 1. The fourth-order valence-electron chi connectivity index (χ4n) is 4.82. The fourth-order valence-corrected chi connectivity index (χ4v) is 4.82. The van der Waals surface area contributed by atoms with Gasteiger partial charge in [-0.2, -0.15) is 5.10 Å². The van der Waals surface area contributed by atoms with E-state index in [1.54, 1.807) is 25.2 Å². The van der Waals surface area contributed by atoms with Crippen LogP contribution in [0.15, 0.2) is 47.6 Å². The third kappa shape index (κ3) is 7.14. The van der Waals surface area contributed by atoms with Crippen LogP contribution in [0.1, 0.15) is 29.2 Å². The molecule has 2 heterocycles. The van der Waals surface area contributed by atoms with Crippen LogP contribution in [0.25, 0.3) is 0 Å². The molecule has 0 saturated carbocycles. The molecule has 39 heavy (non-hydrogen) atoms. The quantitative estimate of drug-likeness (QED) is 0.434. The van der Waals surface area contributed by atoms with Crippen molar-refractivity contribution in [1.29, 1.82) is 0 Å². The molecule has 2 aliphatic rings. The number of ether oxygens (including phenoxy) is 4. The van der Waals surface area contributed by atoms with Gasteiger partial charge >= 0.3 is 0 Å². The van der Waals surface area contributed by atoms with E-state index in [0.717, 1.165) is 35.5 Å². The second kappa shape index (κ2) is 13.5. The monoisotopic (exact) mass is 538 g/mol. The van der Waals surface area contributed by atoms with Gasteiger partial charge in [0.05, 0.1) is 39.2 Å². The van der Waals surface area contributed by atoms with E-state index in [4.69, 9.17) is 24.0 Å². The molecule has 2 amide bonds. The lowest BCUT2D eigenvalue weighted by Gasteiger charge is -2.31. The van der Waals surface area contributed by atoms with Gasteiger partial charge in [-0.1, -0.05) is 29.8 Å². The molecule has 0 radical (unpaired) electrons. The van der Waals surface area contributed by atoms with Crippen molar-refractivity contribution < 1.29 is 28.5 Å². The second-order valence-corrected chi connectivity index (χ2v) is 9.68. The third-order valence-corrected chi connectivity index (χ3v) is 7.08. The molecule has 1 fully saturated rings. The smallest absolute Gasteiger partial charge is 0.262 e. The lowest BCUT2D eigenvalue weighted by Crippen LogP contribution is -2.47. The maximum Gasteiger partial charge on any atom is 0.262 e. The first-order valence-electron chi connectivity index (χ1n) is 13.2. The summed E-state index contributed by atoms with van der Waals surface area (Å²) in [7, 11) is 4.68. The summed E-state index contributed by atoms with van der Waals surface area (Å²) in [6, 6.07) is 13.3. The molecule has 0 aromatic heterocycles. The summed E-state index contributed by atoms with van der Waals surface area (Å²) in [5.41, 5.74) is 3.64. The van der Waals surface area contributed by atoms with E-state index in [1.807, 2.05) is 43.3 Å². The highest BCUT2D eigenvalue weighted by molar-refractivity contribution is 6.05. The van der Waals surface area contributed by atoms with Crippen molar-refractivity contribution in [3.05, 3.63) is 59.2 Å². The molecular weight excluding hydrogens is 500 g/mol. The van der Waals surface area contributed by atoms with Gasteiger partial charge in [-0.25, -0.2) is 5.01 Å². The van der Waals surface area contributed by atoms with Crippen molar-refractivity contribution >= 4 is 17.5 Å². The fraction of sp³-hybridized carbons (Fsp3) is 0.483. The van der Waals surface area contributed by atoms with Crippen LogP contribution >= 0.6 is 0 Å². The Hall–Kier alpha value is -3.47. The Morgan fingerprint density at radius 1 is 1.05 bits per heavy atom. The van der Waals surface area contributed by atoms with Crippen LogP contribution in [-0.2, 0) is 19.1 Å². The first-order valence-corrected chi connectivity index (χ1v) is 13.2. The van der Waals surface area contributed by atoms with Gasteiger partial charge in [-0.05, 0) is 24.6 Å². The minimum Gasteiger partial charge on any atom is -0.497 e. The van der Waals surface area contributed by atoms with Crippen molar-refractivity contribution in [2.45, 2.75) is 19.4 Å². The molecule has 10 nitrogen and oxygen atoms in total. The average Bonchev–Trinajstić information content (AvgIpc) is 3.41. The molecule has 4 rings (SSSR count). The predicted octanol–water partition coefficient (Wildman–Crippen LogP) is 2.50. The first-order chi connectivity index (χ1) is 18.9. The average molecular weight is 539 g/mol. The number of aryl methyl sites for hydroxylation is 1. The minimum absolute atomic E-state index is 0.0879. The van der Waals surface area contributed by atoms with Crippen molar-refractivity contribution in [1.82, 2.24) is 14.8 Å². The lowest BCUT2D eigenvalue weighted by atomic mass is 9.97. The zero-order valence-electron chi connectivity index (χ0n) is 23.2. The SMILES string of the molecule is COCC(=O)N(CCN1CCOCC1)CC(=O)N1N=C(c2ccc(OC)cc2OC)CC1c1ccc(C)cc1. The summed E-state index contributed by atoms with van der Waals surface area (Å²) in [5.74, 6) is 0.804. The molecule has 0 bridgehead atoms. The van der Waals surface area contributed by atoms with Crippen LogP contribution in [0, 0.1) is 6.92 Å². The maximum absolute atomic E-state index is 13.8. The molecule has 2 aliphatic heterocycles. The van der Waals surface area contributed by atoms with Crippen LogP contribution in [0.5, 0.6) is 11.5 Å². The summed E-state index contributed by atoms with van der Waals surface area (Å²) in [6.07, 6.45) is 0.511. The highest BCUT2D eigenvalue weighted by Gasteiger charge is 2.35. The molecule has 0 N–H and O–H groups in total. The number of rotatable bonds is 11. The van der Waals surface area contributed by atoms with E-state index in [0.29, 0.717) is 44.2 Å². The van der Waals surface area contributed by atoms with Crippen LogP contribution in [0.3, 0.4) is 0 Å². The first kappa shape index (κ1) is 28.5. The molecular formula is C29H38N4O6. The number of hydrazone groups is 1. The van der Waals surface area contributed by atoms with E-state index in [1.165, 1.54) is 12.1 Å². The zero-order chi connectivity index (χ0) is 27.8. The minimum atomic E-state index is -0.307. The molecule has 0 spiro atoms. The Kier molecular flexibility index (Phi) is 9.91. The van der Waals surface area contributed by atoms with E-state index >= 15 is 0 Å². The van der Waals surface area contributed by atoms with E-state index < -0.39 is 0 Å². The summed E-state index contributed by atoms with van der Waals surface area (Å²) in [4.78, 5) is 30.5. The Labute approximate surface area is 230 Å². The van der Waals surface area contributed by atoms with Gasteiger partial charge < -0.3 is 23.8 Å². The second-order valence-electron chi connectivity index (χ2n) is 9.68. The van der Waals surface area contributed by atoms with Crippen molar-refractivity contribution in [3.8, 4) is 11.5 Å². The van der Waals surface area contributed by atoms with Gasteiger partial charge in [0.2, 0.25) is 5.91 Å². The number of hydrogen-bond acceptors (Lipinski definition) is 8. The molecule has 2 aromatic carbocycles. The van der Waals surface area contributed by atoms with E-state index in [-0.39, 0.29) is 31.0 Å². The van der Waals surface area contributed by atoms with E-state index in [9.17, 15) is 9.59 Å². The summed E-state index contributed by atoms with van der Waals surface area (Å²) >= 11 is 0. The Balaban J connectivity index is 1.59. The normalized spacial score (nSPS) is 17.6. The van der Waals surface area contributed by atoms with Crippen molar-refractivity contribution in [2.24, 2.45) is 5.10 Å². The van der Waals surface area contributed by atoms with Crippen LogP contribution in [0.2, 0.25) is 0 Å². The van der Waals surface area contributed by atoms with Gasteiger partial charge in [0.1, 0.15) is 24.7 Å². The number of methoxy groups -OCH3 is 3. The molecule has 1 unspecified atom stereocenters. The van der Waals surface area contributed by atoms with Crippen molar-refractivity contribution in [3.63, 3.8) is 0 Å². The Morgan fingerprint density at radius 3 is 2.46 bits per heavy atom. The summed E-state index contributed by atoms with van der Waals surface area (Å²) in [6.45, 7) is 5.87. The van der Waals surface area contributed by atoms with Crippen LogP contribution in [-0.4, -0.2) is 106 Å². The van der Waals surface area contributed by atoms with Gasteiger partial charge in [0.25, 0.3) is 5.91 Å². The molecule has 2 aromatic rings. The Morgan fingerprint density at radius 2 is 1.79 bits per heavy atom. The van der Waals surface area contributed by atoms with Crippen molar-refractivity contribution in [2.75, 3.05) is 73.9 Å². The number of benzene rings is 2. The van der Waals surface area contributed by atoms with Gasteiger partial charge in [-0.3, -0.25) is 14.5 Å². The maximum atomic E-state index is 13.8. The number of nitrogens with zero attached hydrogens (tertiary/aromatic N) is 4. The summed E-state index contributed by atoms with van der Waals surface area (Å²) in [5, 5.41) is 6.31. The molecule has 1 saturated heterocycles. The third-order valence-electron chi connectivity index (χ3n) is 7.08. The topological polar surface area (TPSA) is 93.1 Å². The largest absolute Gasteiger partial charge is 0.497 e.